The molecule has 0 radical (unpaired) electrons. The van der Waals surface area contributed by atoms with Gasteiger partial charge in [-0.3, -0.25) is 19.2 Å². The molecule has 0 aromatic carbocycles. The van der Waals surface area contributed by atoms with Gasteiger partial charge < -0.3 is 9.88 Å². The highest BCUT2D eigenvalue weighted by Crippen LogP contribution is 2.06. The number of carbonyl (C=O) groups excluding carboxylic acids is 1. The zero-order valence-corrected chi connectivity index (χ0v) is 13.5. The van der Waals surface area contributed by atoms with E-state index in [2.05, 4.69) is 15.1 Å². The van der Waals surface area contributed by atoms with Gasteiger partial charge in [0, 0.05) is 21.1 Å². The van der Waals surface area contributed by atoms with Crippen LogP contribution in [-0.2, 0) is 18.4 Å². The van der Waals surface area contributed by atoms with E-state index in [1.807, 2.05) is 11.8 Å². The summed E-state index contributed by atoms with van der Waals surface area (Å²) in [6.07, 6.45) is 2.42. The molecule has 0 atom stereocenters. The molecule has 0 aliphatic rings. The molecule has 2 aromatic heterocycles. The number of carbonyl (C=O) groups is 1. The average Bonchev–Trinajstić information content (AvgIpc) is 2.81. The smallest absolute Gasteiger partial charge is 0.262 e. The van der Waals surface area contributed by atoms with Crippen LogP contribution in [-0.4, -0.2) is 62.6 Å². The number of hydrogen-bond donors (Lipinski definition) is 1. The number of aromatic amines is 1. The van der Waals surface area contributed by atoms with E-state index in [1.165, 1.54) is 6.20 Å². The van der Waals surface area contributed by atoms with Crippen LogP contribution >= 0.6 is 0 Å². The maximum absolute atomic E-state index is 12.0. The number of nitrogens with zero attached hydrogens (tertiary/aromatic N) is 5. The zero-order valence-electron chi connectivity index (χ0n) is 13.5. The number of likely N-dealkylation sites (N-methyl/N-ethyl adjacent to an activating group) is 1. The zero-order chi connectivity index (χ0) is 16.3. The highest BCUT2D eigenvalue weighted by Gasteiger charge is 2.15. The molecule has 0 fully saturated rings. The van der Waals surface area contributed by atoms with Crippen molar-refractivity contribution in [2.45, 2.75) is 19.9 Å². The van der Waals surface area contributed by atoms with Gasteiger partial charge in [0.2, 0.25) is 5.91 Å². The lowest BCUT2D eigenvalue weighted by atomic mass is 10.3. The van der Waals surface area contributed by atoms with Crippen LogP contribution in [0.3, 0.4) is 0 Å². The van der Waals surface area contributed by atoms with E-state index < -0.39 is 0 Å². The van der Waals surface area contributed by atoms with Gasteiger partial charge in [0.15, 0.2) is 5.65 Å². The molecule has 8 heteroatoms. The molecule has 120 valence electrons. The fourth-order valence-corrected chi connectivity index (χ4v) is 2.23. The predicted octanol–water partition coefficient (Wildman–Crippen LogP) is -0.0432. The molecule has 0 aliphatic heterocycles. The van der Waals surface area contributed by atoms with Gasteiger partial charge in [-0.1, -0.05) is 6.92 Å². The van der Waals surface area contributed by atoms with Crippen LogP contribution in [0.15, 0.2) is 11.0 Å². The molecule has 1 amide bonds. The summed E-state index contributed by atoms with van der Waals surface area (Å²) in [6, 6.07) is 0. The van der Waals surface area contributed by atoms with Crippen LogP contribution in [0.4, 0.5) is 0 Å². The molecule has 0 saturated heterocycles. The van der Waals surface area contributed by atoms with Gasteiger partial charge >= 0.3 is 0 Å². The average molecular weight is 306 g/mol. The van der Waals surface area contributed by atoms with Crippen LogP contribution in [0, 0.1) is 0 Å². The summed E-state index contributed by atoms with van der Waals surface area (Å²) < 4.78 is 1.57. The van der Waals surface area contributed by atoms with Crippen molar-refractivity contribution in [2.24, 2.45) is 7.05 Å². The summed E-state index contributed by atoms with van der Waals surface area (Å²) >= 11 is 0. The van der Waals surface area contributed by atoms with Crippen molar-refractivity contribution in [2.75, 3.05) is 27.2 Å². The number of aromatic nitrogens is 4. The van der Waals surface area contributed by atoms with E-state index in [9.17, 15) is 9.59 Å². The fourth-order valence-electron chi connectivity index (χ4n) is 2.23. The normalized spacial score (nSPS) is 11.3. The first kappa shape index (κ1) is 16.2. The number of hydrogen-bond acceptors (Lipinski definition) is 5. The molecule has 0 spiro atoms. The van der Waals surface area contributed by atoms with E-state index in [1.54, 1.807) is 30.7 Å². The number of amides is 1. The van der Waals surface area contributed by atoms with Crippen molar-refractivity contribution in [3.05, 3.63) is 22.4 Å². The Bertz CT molecular complexity index is 718. The first-order valence-corrected chi connectivity index (χ1v) is 7.25. The number of H-pyrrole nitrogens is 1. The second-order valence-electron chi connectivity index (χ2n) is 5.52. The Morgan fingerprint density at radius 3 is 2.77 bits per heavy atom. The fraction of sp³-hybridized carbons (Fsp3) is 0.571. The summed E-state index contributed by atoms with van der Waals surface area (Å²) in [6.45, 7) is 3.53. The van der Waals surface area contributed by atoms with Crippen LogP contribution < -0.4 is 5.56 Å². The van der Waals surface area contributed by atoms with Crippen LogP contribution in [0.2, 0.25) is 0 Å². The first-order chi connectivity index (χ1) is 10.4. The van der Waals surface area contributed by atoms with Gasteiger partial charge in [0.05, 0.1) is 19.3 Å². The molecule has 2 aromatic rings. The van der Waals surface area contributed by atoms with Crippen LogP contribution in [0.1, 0.15) is 19.2 Å². The minimum absolute atomic E-state index is 0.0254. The van der Waals surface area contributed by atoms with Gasteiger partial charge in [-0.2, -0.15) is 5.10 Å². The van der Waals surface area contributed by atoms with Crippen LogP contribution in [0.25, 0.3) is 11.0 Å². The van der Waals surface area contributed by atoms with E-state index in [0.29, 0.717) is 29.9 Å². The van der Waals surface area contributed by atoms with E-state index >= 15 is 0 Å². The summed E-state index contributed by atoms with van der Waals surface area (Å²) in [5.74, 6) is 0.568. The van der Waals surface area contributed by atoms with Gasteiger partial charge in [-0.15, -0.1) is 0 Å². The highest BCUT2D eigenvalue weighted by molar-refractivity contribution is 5.77. The topological polar surface area (TPSA) is 87.1 Å². The Balaban J connectivity index is 2.24. The quantitative estimate of drug-likeness (QED) is 0.809. The third kappa shape index (κ3) is 3.51. The maximum atomic E-state index is 12.0. The number of fused-ring (bicyclic) bond motifs is 1. The largest absolute Gasteiger partial charge is 0.348 e. The van der Waals surface area contributed by atoms with Crippen LogP contribution in [0.5, 0.6) is 0 Å². The summed E-state index contributed by atoms with van der Waals surface area (Å²) in [5, 5.41) is 4.51. The molecular weight excluding hydrogens is 284 g/mol. The Labute approximate surface area is 128 Å². The van der Waals surface area contributed by atoms with Crippen molar-refractivity contribution in [3.63, 3.8) is 0 Å². The molecule has 2 rings (SSSR count). The Morgan fingerprint density at radius 2 is 2.14 bits per heavy atom. The molecule has 1 N–H and O–H groups in total. The Morgan fingerprint density at radius 1 is 1.41 bits per heavy atom. The van der Waals surface area contributed by atoms with Gasteiger partial charge in [0.1, 0.15) is 11.2 Å². The lowest BCUT2D eigenvalue weighted by Gasteiger charge is -2.22. The molecule has 22 heavy (non-hydrogen) atoms. The maximum Gasteiger partial charge on any atom is 0.262 e. The Hall–Kier alpha value is -2.22. The molecule has 2 heterocycles. The summed E-state index contributed by atoms with van der Waals surface area (Å²) in [4.78, 5) is 34.7. The SMILES string of the molecule is CCCN(CC(=O)N(C)C)Cc1nc2c(cnn2C)c(=O)[nH]1. The monoisotopic (exact) mass is 306 g/mol. The summed E-state index contributed by atoms with van der Waals surface area (Å²) in [7, 11) is 5.21. The van der Waals surface area contributed by atoms with Gasteiger partial charge in [0.25, 0.3) is 5.56 Å². The molecule has 0 saturated carbocycles. The van der Waals surface area contributed by atoms with Crippen molar-refractivity contribution < 1.29 is 4.79 Å². The van der Waals surface area contributed by atoms with E-state index in [0.717, 1.165) is 13.0 Å². The molecule has 8 nitrogen and oxygen atoms in total. The van der Waals surface area contributed by atoms with E-state index in [-0.39, 0.29) is 11.5 Å². The minimum Gasteiger partial charge on any atom is -0.348 e. The third-order valence-electron chi connectivity index (χ3n) is 3.42. The lowest BCUT2D eigenvalue weighted by Crippen LogP contribution is -2.37. The number of rotatable bonds is 6. The molecule has 0 bridgehead atoms. The second-order valence-corrected chi connectivity index (χ2v) is 5.52. The molecule has 0 unspecified atom stereocenters. The first-order valence-electron chi connectivity index (χ1n) is 7.25. The minimum atomic E-state index is -0.205. The summed E-state index contributed by atoms with van der Waals surface area (Å²) in [5.41, 5.74) is 0.345. The third-order valence-corrected chi connectivity index (χ3v) is 3.42. The van der Waals surface area contributed by atoms with Crippen molar-refractivity contribution in [3.8, 4) is 0 Å². The predicted molar refractivity (Wildman–Crippen MR) is 83.4 cm³/mol. The Kier molecular flexibility index (Phi) is 4.92. The van der Waals surface area contributed by atoms with Gasteiger partial charge in [-0.05, 0) is 13.0 Å². The second kappa shape index (κ2) is 6.69. The standard InChI is InChI=1S/C14H22N6O2/c1-5-6-20(9-12(21)18(2)3)8-11-16-13-10(14(22)17-11)7-15-19(13)4/h7H,5-6,8-9H2,1-4H3,(H,16,17,22). The van der Waals surface area contributed by atoms with Crippen molar-refractivity contribution in [1.29, 1.82) is 0 Å². The van der Waals surface area contributed by atoms with Gasteiger partial charge in [-0.25, -0.2) is 4.98 Å². The highest BCUT2D eigenvalue weighted by atomic mass is 16.2. The lowest BCUT2D eigenvalue weighted by molar-refractivity contribution is -0.130. The van der Waals surface area contributed by atoms with Crippen molar-refractivity contribution in [1.82, 2.24) is 29.5 Å². The number of nitrogens with one attached hydrogen (secondary N) is 1. The van der Waals surface area contributed by atoms with Crippen molar-refractivity contribution >= 4 is 16.9 Å². The van der Waals surface area contributed by atoms with E-state index in [4.69, 9.17) is 0 Å². The number of aryl methyl sites for hydroxylation is 1. The molecular formula is C14H22N6O2. The molecule has 0 aliphatic carbocycles.